The molecule has 2 atom stereocenters. The van der Waals surface area contributed by atoms with Gasteiger partial charge in [0.1, 0.15) is 18.5 Å². The minimum atomic E-state index is -1.07. The maximum absolute atomic E-state index is 7.80. The second-order valence-electron chi connectivity index (χ2n) is 9.03. The minimum Gasteiger partial charge on any atom is -0.491 e. The number of hydrogen-bond donors (Lipinski definition) is 1. The quantitative estimate of drug-likeness (QED) is 0.354. The first kappa shape index (κ1) is 24.9. The first-order valence-electron chi connectivity index (χ1n) is 11.9. The fourth-order valence-electron chi connectivity index (χ4n) is 4.62. The van der Waals surface area contributed by atoms with E-state index in [2.05, 4.69) is 26.9 Å². The van der Waals surface area contributed by atoms with Crippen LogP contribution < -0.4 is 9.64 Å². The summed E-state index contributed by atoms with van der Waals surface area (Å²) in [6.45, 7) is 6.47. The Balaban J connectivity index is 1.22. The lowest BCUT2D eigenvalue weighted by molar-refractivity contribution is -0.189. The molecule has 1 N–H and O–H groups in total. The predicted molar refractivity (Wildman–Crippen MR) is 140 cm³/mol. The highest BCUT2D eigenvalue weighted by Crippen LogP contribution is 2.40. The molecule has 190 valence electrons. The smallest absolute Gasteiger partial charge is 0.215 e. The van der Waals surface area contributed by atoms with Crippen LogP contribution in [-0.2, 0) is 21.8 Å². The van der Waals surface area contributed by atoms with Crippen LogP contribution in [0.3, 0.4) is 0 Å². The zero-order valence-electron chi connectivity index (χ0n) is 20.1. The van der Waals surface area contributed by atoms with Crippen LogP contribution in [0.4, 0.5) is 5.69 Å². The molecular formula is C26H29Cl2N5O3. The summed E-state index contributed by atoms with van der Waals surface area (Å²) in [5.41, 5.74) is 1.87. The van der Waals surface area contributed by atoms with Gasteiger partial charge < -0.3 is 28.6 Å². The molecule has 10 heteroatoms. The van der Waals surface area contributed by atoms with Crippen molar-refractivity contribution in [1.82, 2.24) is 14.5 Å². The number of hydrogen-bond acceptors (Lipinski definition) is 6. The molecule has 1 unspecified atom stereocenters. The Labute approximate surface area is 220 Å². The van der Waals surface area contributed by atoms with Gasteiger partial charge in [-0.05, 0) is 43.3 Å². The SMILES string of the molecule is CC(=N)N1CCN(c2ccc(OCC3CO[C@](Cn4ccnc4)(c4ccc(Cl)cc4Cl)O3)cc2)CC1. The Bertz CT molecular complexity index is 1180. The van der Waals surface area contributed by atoms with Gasteiger partial charge in [-0.2, -0.15) is 0 Å². The van der Waals surface area contributed by atoms with Gasteiger partial charge in [-0.3, -0.25) is 5.41 Å². The summed E-state index contributed by atoms with van der Waals surface area (Å²) in [5, 5.41) is 8.83. The van der Waals surface area contributed by atoms with Crippen molar-refractivity contribution in [3.8, 4) is 5.75 Å². The van der Waals surface area contributed by atoms with E-state index in [9.17, 15) is 0 Å². The van der Waals surface area contributed by atoms with Crippen molar-refractivity contribution >= 4 is 34.7 Å². The summed E-state index contributed by atoms with van der Waals surface area (Å²) in [6, 6.07) is 13.4. The van der Waals surface area contributed by atoms with E-state index in [1.54, 1.807) is 24.7 Å². The molecule has 8 nitrogen and oxygen atoms in total. The Morgan fingerprint density at radius 1 is 1.14 bits per heavy atom. The number of ether oxygens (including phenoxy) is 3. The maximum Gasteiger partial charge on any atom is 0.215 e. The number of aromatic nitrogens is 2. The highest BCUT2D eigenvalue weighted by molar-refractivity contribution is 6.35. The van der Waals surface area contributed by atoms with E-state index in [0.29, 0.717) is 41.2 Å². The van der Waals surface area contributed by atoms with E-state index >= 15 is 0 Å². The molecule has 2 saturated heterocycles. The molecule has 2 aliphatic heterocycles. The van der Waals surface area contributed by atoms with Gasteiger partial charge >= 0.3 is 0 Å². The molecule has 0 spiro atoms. The average Bonchev–Trinajstić information content (AvgIpc) is 3.54. The molecular weight excluding hydrogens is 501 g/mol. The van der Waals surface area contributed by atoms with Crippen LogP contribution in [0, 0.1) is 5.41 Å². The van der Waals surface area contributed by atoms with E-state index in [1.807, 2.05) is 35.9 Å². The van der Waals surface area contributed by atoms with Gasteiger partial charge in [0.05, 0.1) is 30.3 Å². The highest BCUT2D eigenvalue weighted by atomic mass is 35.5. The van der Waals surface area contributed by atoms with Crippen molar-refractivity contribution in [2.24, 2.45) is 0 Å². The number of benzene rings is 2. The molecule has 2 fully saturated rings. The maximum atomic E-state index is 7.80. The molecule has 2 aromatic carbocycles. The number of nitrogens with one attached hydrogen (secondary N) is 1. The number of rotatable bonds is 7. The van der Waals surface area contributed by atoms with Crippen molar-refractivity contribution in [3.63, 3.8) is 0 Å². The predicted octanol–water partition coefficient (Wildman–Crippen LogP) is 4.66. The molecule has 36 heavy (non-hydrogen) atoms. The van der Waals surface area contributed by atoms with E-state index in [4.69, 9.17) is 42.8 Å². The van der Waals surface area contributed by atoms with Crippen LogP contribution in [0.15, 0.2) is 61.2 Å². The zero-order valence-corrected chi connectivity index (χ0v) is 21.6. The number of imidazole rings is 1. The van der Waals surface area contributed by atoms with Crippen molar-refractivity contribution in [1.29, 1.82) is 5.41 Å². The van der Waals surface area contributed by atoms with Crippen LogP contribution >= 0.6 is 23.2 Å². The summed E-state index contributed by atoms with van der Waals surface area (Å²) in [7, 11) is 0. The summed E-state index contributed by atoms with van der Waals surface area (Å²) >= 11 is 12.7. The van der Waals surface area contributed by atoms with Gasteiger partial charge in [0, 0.05) is 54.8 Å². The molecule has 0 saturated carbocycles. The number of anilines is 1. The first-order valence-corrected chi connectivity index (χ1v) is 12.7. The fraction of sp³-hybridized carbons (Fsp3) is 0.385. The third-order valence-corrected chi connectivity index (χ3v) is 7.09. The summed E-state index contributed by atoms with van der Waals surface area (Å²) < 4.78 is 20.6. The van der Waals surface area contributed by atoms with Crippen LogP contribution in [0.1, 0.15) is 12.5 Å². The van der Waals surface area contributed by atoms with Crippen molar-refractivity contribution in [3.05, 3.63) is 76.8 Å². The number of piperazine rings is 1. The lowest BCUT2D eigenvalue weighted by Crippen LogP contribution is -2.47. The van der Waals surface area contributed by atoms with E-state index in [0.717, 1.165) is 37.6 Å². The molecule has 5 rings (SSSR count). The Morgan fingerprint density at radius 3 is 2.58 bits per heavy atom. The fourth-order valence-corrected chi connectivity index (χ4v) is 5.17. The van der Waals surface area contributed by atoms with Crippen molar-refractivity contribution < 1.29 is 14.2 Å². The Kier molecular flexibility index (Phi) is 7.39. The molecule has 2 aliphatic rings. The number of nitrogens with zero attached hydrogens (tertiary/aromatic N) is 4. The Morgan fingerprint density at radius 2 is 1.92 bits per heavy atom. The Hall–Kier alpha value is -2.78. The molecule has 0 aliphatic carbocycles. The van der Waals surface area contributed by atoms with Gasteiger partial charge in [-0.25, -0.2) is 4.98 Å². The van der Waals surface area contributed by atoms with E-state index in [-0.39, 0.29) is 6.10 Å². The average molecular weight is 530 g/mol. The van der Waals surface area contributed by atoms with Crippen LogP contribution in [0.5, 0.6) is 5.75 Å². The lowest BCUT2D eigenvalue weighted by atomic mass is 10.1. The van der Waals surface area contributed by atoms with Crippen molar-refractivity contribution in [2.45, 2.75) is 25.4 Å². The lowest BCUT2D eigenvalue weighted by Gasteiger charge is -2.36. The summed E-state index contributed by atoms with van der Waals surface area (Å²) in [5.74, 6) is 0.328. The second-order valence-corrected chi connectivity index (χ2v) is 9.87. The number of halogens is 2. The van der Waals surface area contributed by atoms with E-state index in [1.165, 1.54) is 0 Å². The standard InChI is InChI=1S/C26H29Cl2N5O3/c1-19(29)32-10-12-33(13-11-32)21-3-5-22(6-4-21)34-15-23-16-35-26(36-23,17-31-9-8-30-18-31)24-7-2-20(27)14-25(24)28/h2-9,14,18,23,29H,10-13,15-17H2,1H3/t23?,26-/m0/s1. The zero-order chi connectivity index (χ0) is 25.1. The first-order chi connectivity index (χ1) is 17.4. The van der Waals surface area contributed by atoms with Crippen LogP contribution in [-0.4, -0.2) is 65.8 Å². The van der Waals surface area contributed by atoms with Gasteiger partial charge in [-0.1, -0.05) is 29.3 Å². The molecule has 0 bridgehead atoms. The topological polar surface area (TPSA) is 75.8 Å². The van der Waals surface area contributed by atoms with Gasteiger partial charge in [0.2, 0.25) is 5.79 Å². The van der Waals surface area contributed by atoms with Crippen LogP contribution in [0.2, 0.25) is 10.0 Å². The number of amidine groups is 1. The van der Waals surface area contributed by atoms with Crippen molar-refractivity contribution in [2.75, 3.05) is 44.3 Å². The summed E-state index contributed by atoms with van der Waals surface area (Å²) in [6.07, 6.45) is 5.01. The monoisotopic (exact) mass is 529 g/mol. The minimum absolute atomic E-state index is 0.280. The molecule has 0 radical (unpaired) electrons. The third kappa shape index (κ3) is 5.47. The molecule has 3 aromatic rings. The summed E-state index contributed by atoms with van der Waals surface area (Å²) in [4.78, 5) is 8.56. The van der Waals surface area contributed by atoms with Gasteiger partial charge in [0.15, 0.2) is 0 Å². The van der Waals surface area contributed by atoms with E-state index < -0.39 is 5.79 Å². The van der Waals surface area contributed by atoms with Gasteiger partial charge in [-0.15, -0.1) is 0 Å². The van der Waals surface area contributed by atoms with Crippen LogP contribution in [0.25, 0.3) is 0 Å². The molecule has 1 aromatic heterocycles. The van der Waals surface area contributed by atoms with Gasteiger partial charge in [0.25, 0.3) is 0 Å². The third-order valence-electron chi connectivity index (χ3n) is 6.54. The largest absolute Gasteiger partial charge is 0.491 e. The highest BCUT2D eigenvalue weighted by Gasteiger charge is 2.45. The normalized spacial score (nSPS) is 22.1. The second kappa shape index (κ2) is 10.7. The molecule has 3 heterocycles. The molecule has 0 amide bonds.